The second kappa shape index (κ2) is 8.68. The molecular formula is C20H33N3O2. The molecule has 1 aromatic carbocycles. The van der Waals surface area contributed by atoms with Gasteiger partial charge in [-0.1, -0.05) is 32.0 Å². The highest BCUT2D eigenvalue weighted by molar-refractivity contribution is 5.85. The molecule has 1 heterocycles. The van der Waals surface area contributed by atoms with Crippen molar-refractivity contribution in [1.29, 1.82) is 0 Å². The quantitative estimate of drug-likeness (QED) is 0.823. The number of hydrogen-bond donors (Lipinski definition) is 1. The fourth-order valence-corrected chi connectivity index (χ4v) is 3.26. The first-order valence-corrected chi connectivity index (χ1v) is 9.21. The third-order valence-electron chi connectivity index (χ3n) is 4.93. The van der Waals surface area contributed by atoms with E-state index in [0.717, 1.165) is 32.7 Å². The summed E-state index contributed by atoms with van der Waals surface area (Å²) in [7, 11) is 1.73. The molecule has 0 atom stereocenters. The summed E-state index contributed by atoms with van der Waals surface area (Å²) < 4.78 is 5.32. The predicted molar refractivity (Wildman–Crippen MR) is 103 cm³/mol. The van der Waals surface area contributed by atoms with Gasteiger partial charge in [0.05, 0.1) is 12.1 Å². The van der Waals surface area contributed by atoms with E-state index in [0.29, 0.717) is 12.5 Å². The molecule has 5 heteroatoms. The Labute approximate surface area is 152 Å². The van der Waals surface area contributed by atoms with Crippen LogP contribution in [0.4, 0.5) is 5.69 Å². The topological polar surface area (TPSA) is 44.8 Å². The zero-order valence-electron chi connectivity index (χ0n) is 16.3. The van der Waals surface area contributed by atoms with Crippen molar-refractivity contribution in [3.63, 3.8) is 0 Å². The summed E-state index contributed by atoms with van der Waals surface area (Å²) in [5, 5.41) is 3.08. The number of anilines is 1. The van der Waals surface area contributed by atoms with Crippen LogP contribution in [0, 0.1) is 5.92 Å². The first-order valence-electron chi connectivity index (χ1n) is 9.21. The second-order valence-electron chi connectivity index (χ2n) is 7.70. The summed E-state index contributed by atoms with van der Waals surface area (Å²) in [5.41, 5.74) is 1.98. The summed E-state index contributed by atoms with van der Waals surface area (Å²) >= 11 is 0. The van der Waals surface area contributed by atoms with Gasteiger partial charge in [0, 0.05) is 51.1 Å². The molecule has 1 amide bonds. The molecule has 0 aliphatic carbocycles. The van der Waals surface area contributed by atoms with E-state index < -0.39 is 5.54 Å². The minimum Gasteiger partial charge on any atom is -0.380 e. The molecule has 0 spiro atoms. The fourth-order valence-electron chi connectivity index (χ4n) is 3.26. The highest BCUT2D eigenvalue weighted by Crippen LogP contribution is 2.25. The molecule has 140 valence electrons. The van der Waals surface area contributed by atoms with Crippen molar-refractivity contribution < 1.29 is 9.53 Å². The molecule has 1 saturated heterocycles. The van der Waals surface area contributed by atoms with Crippen LogP contribution in [0.15, 0.2) is 24.3 Å². The maximum Gasteiger partial charge on any atom is 0.239 e. The Balaban J connectivity index is 1.98. The largest absolute Gasteiger partial charge is 0.380 e. The van der Waals surface area contributed by atoms with Crippen molar-refractivity contribution in [2.24, 2.45) is 5.92 Å². The summed E-state index contributed by atoms with van der Waals surface area (Å²) in [6.45, 7) is 13.2. The molecule has 0 aromatic heterocycles. The van der Waals surface area contributed by atoms with Gasteiger partial charge >= 0.3 is 0 Å². The molecule has 1 aliphatic rings. The summed E-state index contributed by atoms with van der Waals surface area (Å²) in [6.07, 6.45) is 0. The molecule has 1 aromatic rings. The lowest BCUT2D eigenvalue weighted by atomic mass is 9.99. The van der Waals surface area contributed by atoms with Crippen LogP contribution in [0.3, 0.4) is 0 Å². The maximum atomic E-state index is 12.6. The van der Waals surface area contributed by atoms with Crippen LogP contribution in [0.1, 0.15) is 33.3 Å². The number of carbonyl (C=O) groups excluding carboxylic acids is 1. The van der Waals surface area contributed by atoms with E-state index in [2.05, 4.69) is 53.2 Å². The number of carbonyl (C=O) groups is 1. The Morgan fingerprint density at radius 1 is 1.20 bits per heavy atom. The minimum absolute atomic E-state index is 0.120. The number of ether oxygens (including phenoxy) is 1. The lowest BCUT2D eigenvalue weighted by Gasteiger charge is -2.44. The summed E-state index contributed by atoms with van der Waals surface area (Å²) in [6, 6.07) is 8.40. The normalized spacial score (nSPS) is 16.3. The highest BCUT2D eigenvalue weighted by atomic mass is 16.5. The molecule has 1 N–H and O–H groups in total. The SMILES string of the molecule is COCc1ccccc1N1CCN(C(C)(C)C(=O)NCC(C)C)CC1. The Kier molecular flexibility index (Phi) is 6.85. The molecule has 0 bridgehead atoms. The second-order valence-corrected chi connectivity index (χ2v) is 7.70. The monoisotopic (exact) mass is 347 g/mol. The molecule has 1 aliphatic heterocycles. The minimum atomic E-state index is -0.479. The van der Waals surface area contributed by atoms with Gasteiger partial charge in [0.15, 0.2) is 0 Å². The van der Waals surface area contributed by atoms with Gasteiger partial charge in [-0.15, -0.1) is 0 Å². The van der Waals surface area contributed by atoms with E-state index in [1.54, 1.807) is 7.11 Å². The van der Waals surface area contributed by atoms with Crippen LogP contribution in [0.25, 0.3) is 0 Å². The van der Waals surface area contributed by atoms with Gasteiger partial charge in [-0.2, -0.15) is 0 Å². The smallest absolute Gasteiger partial charge is 0.239 e. The third kappa shape index (κ3) is 4.95. The van der Waals surface area contributed by atoms with Gasteiger partial charge in [-0.05, 0) is 25.8 Å². The van der Waals surface area contributed by atoms with E-state index >= 15 is 0 Å². The number of nitrogens with one attached hydrogen (secondary N) is 1. The number of nitrogens with zero attached hydrogens (tertiary/aromatic N) is 2. The van der Waals surface area contributed by atoms with Crippen LogP contribution >= 0.6 is 0 Å². The number of piperazine rings is 1. The van der Waals surface area contributed by atoms with Crippen molar-refractivity contribution in [3.8, 4) is 0 Å². The van der Waals surface area contributed by atoms with Gasteiger partial charge in [-0.3, -0.25) is 9.69 Å². The van der Waals surface area contributed by atoms with Gasteiger partial charge in [-0.25, -0.2) is 0 Å². The van der Waals surface area contributed by atoms with Gasteiger partial charge < -0.3 is 15.0 Å². The molecule has 5 nitrogen and oxygen atoms in total. The van der Waals surface area contributed by atoms with Crippen LogP contribution in [0.5, 0.6) is 0 Å². The van der Waals surface area contributed by atoms with Crippen molar-refractivity contribution in [3.05, 3.63) is 29.8 Å². The van der Waals surface area contributed by atoms with Crippen molar-refractivity contribution in [2.75, 3.05) is 44.7 Å². The van der Waals surface area contributed by atoms with Crippen LogP contribution < -0.4 is 10.2 Å². The number of rotatable bonds is 7. The number of benzene rings is 1. The average Bonchev–Trinajstić information content (AvgIpc) is 2.60. The first-order chi connectivity index (χ1) is 11.9. The van der Waals surface area contributed by atoms with E-state index in [9.17, 15) is 4.79 Å². The van der Waals surface area contributed by atoms with Crippen molar-refractivity contribution >= 4 is 11.6 Å². The standard InChI is InChI=1S/C20H33N3O2/c1-16(2)14-21-19(24)20(3,4)23-12-10-22(11-13-23)18-9-7-6-8-17(18)15-25-5/h6-9,16H,10-15H2,1-5H3,(H,21,24). The predicted octanol–water partition coefficient (Wildman–Crippen LogP) is 2.51. The molecule has 1 fully saturated rings. The molecule has 0 unspecified atom stereocenters. The maximum absolute atomic E-state index is 12.6. The lowest BCUT2D eigenvalue weighted by Crippen LogP contribution is -2.61. The van der Waals surface area contributed by atoms with E-state index in [1.165, 1.54) is 11.3 Å². The lowest BCUT2D eigenvalue weighted by molar-refractivity contribution is -0.132. The van der Waals surface area contributed by atoms with Crippen LogP contribution in [-0.4, -0.2) is 56.2 Å². The number of para-hydroxylation sites is 1. The molecule has 0 saturated carbocycles. The van der Waals surface area contributed by atoms with Gasteiger partial charge in [0.25, 0.3) is 0 Å². The molecule has 2 rings (SSSR count). The van der Waals surface area contributed by atoms with Gasteiger partial charge in [0.1, 0.15) is 0 Å². The Morgan fingerprint density at radius 3 is 2.44 bits per heavy atom. The molecular weight excluding hydrogens is 314 g/mol. The zero-order valence-corrected chi connectivity index (χ0v) is 16.3. The summed E-state index contributed by atoms with van der Waals surface area (Å²) in [4.78, 5) is 17.3. The fraction of sp³-hybridized carbons (Fsp3) is 0.650. The van der Waals surface area contributed by atoms with Crippen LogP contribution in [-0.2, 0) is 16.1 Å². The molecule has 25 heavy (non-hydrogen) atoms. The number of hydrogen-bond acceptors (Lipinski definition) is 4. The highest BCUT2D eigenvalue weighted by Gasteiger charge is 2.36. The van der Waals surface area contributed by atoms with E-state index in [4.69, 9.17) is 4.74 Å². The molecule has 0 radical (unpaired) electrons. The Morgan fingerprint density at radius 2 is 1.84 bits per heavy atom. The van der Waals surface area contributed by atoms with Crippen LogP contribution in [0.2, 0.25) is 0 Å². The average molecular weight is 348 g/mol. The van der Waals surface area contributed by atoms with E-state index in [-0.39, 0.29) is 5.91 Å². The summed E-state index contributed by atoms with van der Waals surface area (Å²) in [5.74, 6) is 0.586. The van der Waals surface area contributed by atoms with Gasteiger partial charge in [0.2, 0.25) is 5.91 Å². The Bertz CT molecular complexity index is 564. The number of methoxy groups -OCH3 is 1. The Hall–Kier alpha value is -1.59. The zero-order chi connectivity index (χ0) is 18.4. The third-order valence-corrected chi connectivity index (χ3v) is 4.93. The van der Waals surface area contributed by atoms with E-state index in [1.807, 2.05) is 13.8 Å². The first kappa shape index (κ1) is 19.7. The van der Waals surface area contributed by atoms with Crippen molar-refractivity contribution in [2.45, 2.75) is 39.8 Å². The number of amides is 1. The van der Waals surface area contributed by atoms with Crippen molar-refractivity contribution in [1.82, 2.24) is 10.2 Å².